The molecular formula is C17H18N2O4S. The summed E-state index contributed by atoms with van der Waals surface area (Å²) in [4.78, 5) is 10.3. The van der Waals surface area contributed by atoms with Crippen LogP contribution in [0.2, 0.25) is 0 Å². The molecule has 24 heavy (non-hydrogen) atoms. The second kappa shape index (κ2) is 6.33. The second-order valence-corrected chi connectivity index (χ2v) is 7.83. The molecular weight excluding hydrogens is 328 g/mol. The number of rotatable bonds is 4. The van der Waals surface area contributed by atoms with Gasteiger partial charge < -0.3 is 0 Å². The molecule has 0 N–H and O–H groups in total. The number of benzene rings is 2. The maximum Gasteiger partial charge on any atom is 0.269 e. The minimum absolute atomic E-state index is 0.0899. The standard InChI is InChI=1S/C17H18N2O4S/c1-13-4-6-14(7-5-13)17-3-2-12-18(17)24(22,23)16-10-8-15(9-11-16)19(20)21/h4-11,17H,2-3,12H2,1H3/t17-/m1/s1. The predicted molar refractivity (Wildman–Crippen MR) is 90.1 cm³/mol. The Morgan fingerprint density at radius 1 is 1.08 bits per heavy atom. The van der Waals surface area contributed by atoms with E-state index in [1.807, 2.05) is 31.2 Å². The van der Waals surface area contributed by atoms with Crippen molar-refractivity contribution < 1.29 is 13.3 Å². The van der Waals surface area contributed by atoms with Gasteiger partial charge in [0.05, 0.1) is 15.9 Å². The maximum atomic E-state index is 12.9. The Kier molecular flexibility index (Phi) is 4.38. The molecule has 126 valence electrons. The van der Waals surface area contributed by atoms with E-state index in [0.717, 1.165) is 24.0 Å². The van der Waals surface area contributed by atoms with Crippen LogP contribution < -0.4 is 0 Å². The fraction of sp³-hybridized carbons (Fsp3) is 0.294. The van der Waals surface area contributed by atoms with Crippen LogP contribution in [0.4, 0.5) is 5.69 Å². The molecule has 1 atom stereocenters. The van der Waals surface area contributed by atoms with Crippen LogP contribution in [0.15, 0.2) is 53.4 Å². The molecule has 1 fully saturated rings. The first kappa shape index (κ1) is 16.6. The number of nitrogens with zero attached hydrogens (tertiary/aromatic N) is 2. The zero-order valence-electron chi connectivity index (χ0n) is 13.3. The summed E-state index contributed by atoms with van der Waals surface area (Å²) >= 11 is 0. The molecule has 0 radical (unpaired) electrons. The summed E-state index contributed by atoms with van der Waals surface area (Å²) in [5.41, 5.74) is 1.98. The van der Waals surface area contributed by atoms with E-state index in [1.54, 1.807) is 0 Å². The van der Waals surface area contributed by atoms with Crippen molar-refractivity contribution in [3.8, 4) is 0 Å². The van der Waals surface area contributed by atoms with Gasteiger partial charge in [-0.1, -0.05) is 29.8 Å². The molecule has 0 unspecified atom stereocenters. The van der Waals surface area contributed by atoms with Gasteiger partial charge in [0, 0.05) is 18.7 Å². The largest absolute Gasteiger partial charge is 0.269 e. The molecule has 1 aliphatic heterocycles. The molecule has 0 saturated carbocycles. The Labute approximate surface area is 140 Å². The highest BCUT2D eigenvalue weighted by Crippen LogP contribution is 2.36. The van der Waals surface area contributed by atoms with E-state index in [9.17, 15) is 18.5 Å². The highest BCUT2D eigenvalue weighted by molar-refractivity contribution is 7.89. The summed E-state index contributed by atoms with van der Waals surface area (Å²) in [6.45, 7) is 2.45. The van der Waals surface area contributed by atoms with Gasteiger partial charge in [0.25, 0.3) is 5.69 Å². The Morgan fingerprint density at radius 3 is 2.29 bits per heavy atom. The van der Waals surface area contributed by atoms with E-state index >= 15 is 0 Å². The summed E-state index contributed by atoms with van der Waals surface area (Å²) < 4.78 is 27.3. The molecule has 0 spiro atoms. The fourth-order valence-electron chi connectivity index (χ4n) is 3.02. The SMILES string of the molecule is Cc1ccc([C@H]2CCCN2S(=O)(=O)c2ccc([N+](=O)[O-])cc2)cc1. The van der Waals surface area contributed by atoms with Crippen LogP contribution in [-0.4, -0.2) is 24.2 Å². The zero-order chi connectivity index (χ0) is 17.3. The maximum absolute atomic E-state index is 12.9. The molecule has 0 amide bonds. The zero-order valence-corrected chi connectivity index (χ0v) is 14.1. The van der Waals surface area contributed by atoms with Crippen LogP contribution in [0.3, 0.4) is 0 Å². The quantitative estimate of drug-likeness (QED) is 0.627. The van der Waals surface area contributed by atoms with Crippen molar-refractivity contribution >= 4 is 15.7 Å². The molecule has 2 aromatic carbocycles. The first-order valence-electron chi connectivity index (χ1n) is 7.72. The van der Waals surface area contributed by atoms with Crippen molar-refractivity contribution in [2.45, 2.75) is 30.7 Å². The molecule has 6 nitrogen and oxygen atoms in total. The Balaban J connectivity index is 1.93. The van der Waals surface area contributed by atoms with Crippen molar-refractivity contribution in [3.05, 3.63) is 69.8 Å². The van der Waals surface area contributed by atoms with Crippen LogP contribution in [-0.2, 0) is 10.0 Å². The first-order chi connectivity index (χ1) is 11.4. The lowest BCUT2D eigenvalue weighted by atomic mass is 10.0. The molecule has 2 aromatic rings. The molecule has 7 heteroatoms. The Bertz CT molecular complexity index is 845. The molecule has 1 heterocycles. The fourth-order valence-corrected chi connectivity index (χ4v) is 4.71. The number of nitro benzene ring substituents is 1. The average molecular weight is 346 g/mol. The topological polar surface area (TPSA) is 80.5 Å². The van der Waals surface area contributed by atoms with Crippen LogP contribution in [0.25, 0.3) is 0 Å². The van der Waals surface area contributed by atoms with Crippen molar-refractivity contribution in [2.24, 2.45) is 0 Å². The average Bonchev–Trinajstić information content (AvgIpc) is 3.06. The lowest BCUT2D eigenvalue weighted by Crippen LogP contribution is -2.30. The third-order valence-corrected chi connectivity index (χ3v) is 6.24. The van der Waals surface area contributed by atoms with E-state index < -0.39 is 14.9 Å². The summed E-state index contributed by atoms with van der Waals surface area (Å²) in [5.74, 6) is 0. The predicted octanol–water partition coefficient (Wildman–Crippen LogP) is 3.43. The number of nitro groups is 1. The van der Waals surface area contributed by atoms with E-state index in [4.69, 9.17) is 0 Å². The molecule has 3 rings (SSSR count). The minimum Gasteiger partial charge on any atom is -0.258 e. The van der Waals surface area contributed by atoms with Crippen molar-refractivity contribution in [1.29, 1.82) is 0 Å². The second-order valence-electron chi connectivity index (χ2n) is 5.94. The van der Waals surface area contributed by atoms with Gasteiger partial charge >= 0.3 is 0 Å². The van der Waals surface area contributed by atoms with Crippen molar-refractivity contribution in [2.75, 3.05) is 6.54 Å². The highest BCUT2D eigenvalue weighted by Gasteiger charge is 2.36. The Hall–Kier alpha value is -2.25. The lowest BCUT2D eigenvalue weighted by Gasteiger charge is -2.24. The first-order valence-corrected chi connectivity index (χ1v) is 9.16. The van der Waals surface area contributed by atoms with E-state index in [1.165, 1.54) is 28.6 Å². The summed E-state index contributed by atoms with van der Waals surface area (Å²) in [6, 6.07) is 12.7. The molecule has 0 bridgehead atoms. The van der Waals surface area contributed by atoms with Gasteiger partial charge in [-0.3, -0.25) is 10.1 Å². The summed E-state index contributed by atoms with van der Waals surface area (Å²) in [6.07, 6.45) is 1.57. The van der Waals surface area contributed by atoms with Gasteiger partial charge in [0.2, 0.25) is 10.0 Å². The normalized spacial score (nSPS) is 18.6. The van der Waals surface area contributed by atoms with Gasteiger partial charge in [0.1, 0.15) is 0 Å². The number of hydrogen-bond acceptors (Lipinski definition) is 4. The van der Waals surface area contributed by atoms with E-state index in [2.05, 4.69) is 0 Å². The molecule has 1 saturated heterocycles. The van der Waals surface area contributed by atoms with E-state index in [-0.39, 0.29) is 16.6 Å². The van der Waals surface area contributed by atoms with E-state index in [0.29, 0.717) is 6.54 Å². The highest BCUT2D eigenvalue weighted by atomic mass is 32.2. The van der Waals surface area contributed by atoms with Gasteiger partial charge in [0.15, 0.2) is 0 Å². The van der Waals surface area contributed by atoms with Gasteiger partial charge in [-0.15, -0.1) is 0 Å². The van der Waals surface area contributed by atoms with Crippen LogP contribution >= 0.6 is 0 Å². The van der Waals surface area contributed by atoms with Gasteiger partial charge in [-0.2, -0.15) is 4.31 Å². The molecule has 1 aliphatic rings. The number of aryl methyl sites for hydroxylation is 1. The van der Waals surface area contributed by atoms with Crippen LogP contribution in [0.1, 0.15) is 30.0 Å². The third-order valence-electron chi connectivity index (χ3n) is 4.32. The summed E-state index contributed by atoms with van der Waals surface area (Å²) in [7, 11) is -3.68. The lowest BCUT2D eigenvalue weighted by molar-refractivity contribution is -0.384. The smallest absolute Gasteiger partial charge is 0.258 e. The van der Waals surface area contributed by atoms with Gasteiger partial charge in [-0.05, 0) is 37.5 Å². The number of sulfonamides is 1. The van der Waals surface area contributed by atoms with Crippen molar-refractivity contribution in [3.63, 3.8) is 0 Å². The van der Waals surface area contributed by atoms with Crippen LogP contribution in [0, 0.1) is 17.0 Å². The van der Waals surface area contributed by atoms with Crippen molar-refractivity contribution in [1.82, 2.24) is 4.31 Å². The monoisotopic (exact) mass is 346 g/mol. The minimum atomic E-state index is -3.68. The molecule has 0 aliphatic carbocycles. The van der Waals surface area contributed by atoms with Gasteiger partial charge in [-0.25, -0.2) is 8.42 Å². The third kappa shape index (κ3) is 3.05. The number of non-ortho nitro benzene ring substituents is 1. The number of hydrogen-bond donors (Lipinski definition) is 0. The summed E-state index contributed by atoms with van der Waals surface area (Å²) in [5, 5.41) is 10.7. The Morgan fingerprint density at radius 2 is 1.71 bits per heavy atom. The van der Waals surface area contributed by atoms with Crippen LogP contribution in [0.5, 0.6) is 0 Å². The molecule has 0 aromatic heterocycles.